The molecule has 0 unspecified atom stereocenters. The van der Waals surface area contributed by atoms with Crippen LogP contribution in [0.5, 0.6) is 11.5 Å². The van der Waals surface area contributed by atoms with E-state index in [0.717, 1.165) is 90.3 Å². The number of anilines is 2. The van der Waals surface area contributed by atoms with Gasteiger partial charge in [-0.25, -0.2) is 9.59 Å². The van der Waals surface area contributed by atoms with Gasteiger partial charge in [-0.1, -0.05) is 84.3 Å². The molecule has 4 fully saturated rings. The van der Waals surface area contributed by atoms with E-state index in [1.165, 1.54) is 5.56 Å². The van der Waals surface area contributed by atoms with Crippen LogP contribution in [0.25, 0.3) is 0 Å². The molecule has 0 spiro atoms. The quantitative estimate of drug-likeness (QED) is 0.0957. The van der Waals surface area contributed by atoms with Crippen LogP contribution in [0.4, 0.5) is 21.0 Å². The molecule has 13 nitrogen and oxygen atoms in total. The number of hydrogen-bond donors (Lipinski definition) is 3. The molecule has 4 heterocycles. The Morgan fingerprint density at radius 2 is 0.933 bits per heavy atom. The van der Waals surface area contributed by atoms with Crippen LogP contribution in [0, 0.1) is 23.7 Å². The molecule has 13 heteroatoms. The third-order valence-electron chi connectivity index (χ3n) is 14.6. The van der Waals surface area contributed by atoms with Crippen molar-refractivity contribution in [1.82, 2.24) is 19.6 Å². The summed E-state index contributed by atoms with van der Waals surface area (Å²) in [4.78, 5) is 46.1. The van der Waals surface area contributed by atoms with E-state index < -0.39 is 0 Å². The Bertz CT molecular complexity index is 2950. The fourth-order valence-electron chi connectivity index (χ4n) is 10.7. The number of rotatable bonds is 9. The normalized spacial score (nSPS) is 21.1. The van der Waals surface area contributed by atoms with Gasteiger partial charge in [0, 0.05) is 90.4 Å². The Labute approximate surface area is 440 Å². The van der Waals surface area contributed by atoms with Crippen molar-refractivity contribution in [2.45, 2.75) is 61.9 Å². The first-order valence-electron chi connectivity index (χ1n) is 25.8. The van der Waals surface area contributed by atoms with Crippen LogP contribution in [0.1, 0.15) is 70.9 Å². The molecule has 4 aliphatic rings. The van der Waals surface area contributed by atoms with Gasteiger partial charge < -0.3 is 39.8 Å². The number of carbonyl (C=O) groups is 3. The highest BCUT2D eigenvalue weighted by Crippen LogP contribution is 2.44. The van der Waals surface area contributed by atoms with E-state index in [1.807, 2.05) is 131 Å². The maximum Gasteiger partial charge on any atom is 0.321 e. The number of ether oxygens (including phenoxy) is 3. The highest BCUT2D eigenvalue weighted by atomic mass is 16.5. The van der Waals surface area contributed by atoms with Gasteiger partial charge in [0.2, 0.25) is 0 Å². The summed E-state index contributed by atoms with van der Waals surface area (Å²) in [6.07, 6.45) is 3.40. The molecule has 384 valence electrons. The van der Waals surface area contributed by atoms with E-state index in [4.69, 9.17) is 14.2 Å². The molecule has 4 saturated heterocycles. The Morgan fingerprint density at radius 1 is 0.533 bits per heavy atom. The van der Waals surface area contributed by atoms with E-state index in [-0.39, 0.29) is 54.9 Å². The van der Waals surface area contributed by atoms with Crippen molar-refractivity contribution >= 4 is 29.9 Å². The summed E-state index contributed by atoms with van der Waals surface area (Å²) in [5.41, 5.74) is 7.55. The summed E-state index contributed by atoms with van der Waals surface area (Å²) in [6.45, 7) is 4.97. The van der Waals surface area contributed by atoms with Gasteiger partial charge in [0.05, 0.1) is 26.7 Å². The van der Waals surface area contributed by atoms with Crippen molar-refractivity contribution in [2.75, 3.05) is 70.7 Å². The van der Waals surface area contributed by atoms with E-state index in [1.54, 1.807) is 14.2 Å². The van der Waals surface area contributed by atoms with Crippen LogP contribution in [-0.4, -0.2) is 128 Å². The molecule has 10 rings (SSSR count). The SMILES string of the molecule is COc1ccc(NC(=O)N2CCCCN3[C@H](CO)[C@H](c4ccc(C#Cc5ccccc5)cc4)[C@@H]3C2)cc1.COc1ccc(NC(=O)N2CCCCN3[C@H](OC=O)[C@H](c4ccc(C#Cc5ccccc5)cc4)[C@@H]3C2)cc1. The second-order valence-electron chi connectivity index (χ2n) is 19.1. The molecule has 0 aliphatic carbocycles. The van der Waals surface area contributed by atoms with Gasteiger partial charge in [-0.15, -0.1) is 0 Å². The van der Waals surface area contributed by atoms with Crippen LogP contribution in [-0.2, 0) is 9.53 Å². The van der Waals surface area contributed by atoms with Crippen molar-refractivity contribution < 1.29 is 33.7 Å². The molecule has 3 N–H and O–H groups in total. The molecular formula is C62H64N6O7. The van der Waals surface area contributed by atoms with Crippen molar-refractivity contribution in [3.8, 4) is 35.2 Å². The standard InChI is InChI=1S/C31H31N3O4.C31H33N3O3/c1-37-27-17-15-26(16-18-27)32-31(36)33-19-5-6-20-34-28(21-33)29(30(34)38-22-35)25-13-11-24(12-14-25)10-9-23-7-3-2-4-8-23;1-37-27-17-15-26(16-18-27)32-31(36)33-19-5-6-20-34-28(21-33)30(29(34)22-35)25-13-11-24(12-14-25)10-9-23-7-3-2-4-8-23/h2-4,7-8,11-18,22,28-30H,5-6,19-21H2,1H3,(H,32,36);2-4,7-8,11-18,28-30,35H,5-6,19-22H2,1H3,(H,32,36)/t2*28-,29+,30+/m00/s1. The molecular weight excluding hydrogens is 941 g/mol. The Morgan fingerprint density at radius 3 is 1.36 bits per heavy atom. The number of methoxy groups -OCH3 is 2. The molecule has 0 aromatic heterocycles. The maximum absolute atomic E-state index is 13.2. The lowest BCUT2D eigenvalue weighted by atomic mass is 9.74. The number of fused-ring (bicyclic) bond motifs is 2. The van der Waals surface area contributed by atoms with E-state index >= 15 is 0 Å². The van der Waals surface area contributed by atoms with Gasteiger partial charge in [-0.2, -0.15) is 0 Å². The lowest BCUT2D eigenvalue weighted by molar-refractivity contribution is -0.183. The zero-order valence-corrected chi connectivity index (χ0v) is 42.5. The second kappa shape index (κ2) is 25.2. The van der Waals surface area contributed by atoms with Crippen molar-refractivity contribution in [2.24, 2.45) is 0 Å². The number of benzene rings is 6. The smallest absolute Gasteiger partial charge is 0.321 e. The third-order valence-corrected chi connectivity index (χ3v) is 14.6. The van der Waals surface area contributed by atoms with E-state index in [2.05, 4.69) is 80.5 Å². The number of hydrogen-bond acceptors (Lipinski definition) is 9. The summed E-state index contributed by atoms with van der Waals surface area (Å²) in [5.74, 6) is 14.5. The lowest BCUT2D eigenvalue weighted by Crippen LogP contribution is -2.68. The first-order chi connectivity index (χ1) is 36.8. The van der Waals surface area contributed by atoms with Gasteiger partial charge >= 0.3 is 12.1 Å². The Balaban J connectivity index is 0.000000184. The monoisotopic (exact) mass is 1000 g/mol. The van der Waals surface area contributed by atoms with Gasteiger partial charge in [0.25, 0.3) is 6.47 Å². The maximum atomic E-state index is 13.2. The van der Waals surface area contributed by atoms with Crippen molar-refractivity contribution in [3.63, 3.8) is 0 Å². The van der Waals surface area contributed by atoms with Gasteiger partial charge in [0.15, 0.2) is 6.23 Å². The minimum Gasteiger partial charge on any atom is -0.497 e. The van der Waals surface area contributed by atoms with Crippen LogP contribution >= 0.6 is 0 Å². The minimum atomic E-state index is -0.344. The topological polar surface area (TPSA) is 136 Å². The number of aliphatic hydroxyl groups is 1. The predicted molar refractivity (Wildman–Crippen MR) is 292 cm³/mol. The van der Waals surface area contributed by atoms with Gasteiger partial charge in [-0.05, 0) is 140 Å². The summed E-state index contributed by atoms with van der Waals surface area (Å²) in [5, 5.41) is 16.3. The van der Waals surface area contributed by atoms with E-state index in [9.17, 15) is 19.5 Å². The molecule has 0 bridgehead atoms. The van der Waals surface area contributed by atoms with Crippen LogP contribution in [0.2, 0.25) is 0 Å². The average Bonchev–Trinajstić information content (AvgIpc) is 3.45. The molecule has 0 saturated carbocycles. The number of amides is 4. The summed E-state index contributed by atoms with van der Waals surface area (Å²) < 4.78 is 16.0. The van der Waals surface area contributed by atoms with Crippen molar-refractivity contribution in [1.29, 1.82) is 0 Å². The van der Waals surface area contributed by atoms with Crippen molar-refractivity contribution in [3.05, 3.63) is 191 Å². The lowest BCUT2D eigenvalue weighted by Gasteiger charge is -2.57. The fourth-order valence-corrected chi connectivity index (χ4v) is 10.7. The van der Waals surface area contributed by atoms with Gasteiger partial charge in [0.1, 0.15) is 11.5 Å². The molecule has 75 heavy (non-hydrogen) atoms. The number of urea groups is 2. The Hall–Kier alpha value is -8.07. The first-order valence-corrected chi connectivity index (χ1v) is 25.8. The second-order valence-corrected chi connectivity index (χ2v) is 19.1. The largest absolute Gasteiger partial charge is 0.497 e. The van der Waals surface area contributed by atoms with Crippen LogP contribution < -0.4 is 20.1 Å². The number of nitrogens with zero attached hydrogens (tertiary/aromatic N) is 4. The van der Waals surface area contributed by atoms with Crippen LogP contribution in [0.3, 0.4) is 0 Å². The zero-order valence-electron chi connectivity index (χ0n) is 42.5. The predicted octanol–water partition coefficient (Wildman–Crippen LogP) is 9.24. The molecule has 6 aromatic carbocycles. The van der Waals surface area contributed by atoms with E-state index in [0.29, 0.717) is 31.8 Å². The van der Waals surface area contributed by atoms with Crippen LogP contribution in [0.15, 0.2) is 158 Å². The molecule has 6 atom stereocenters. The number of aliphatic hydroxyl groups excluding tert-OH is 1. The van der Waals surface area contributed by atoms with Gasteiger partial charge in [-0.3, -0.25) is 14.6 Å². The minimum absolute atomic E-state index is 0.0364. The third kappa shape index (κ3) is 12.8. The average molecular weight is 1010 g/mol. The molecule has 0 radical (unpaired) electrons. The highest BCUT2D eigenvalue weighted by Gasteiger charge is 2.52. The zero-order chi connectivity index (χ0) is 51.9. The summed E-state index contributed by atoms with van der Waals surface area (Å²) in [7, 11) is 3.24. The fraction of sp³-hybridized carbons (Fsp3) is 0.306. The number of nitrogens with one attached hydrogen (secondary N) is 2. The first kappa shape index (κ1) is 51.8. The summed E-state index contributed by atoms with van der Waals surface area (Å²) in [6, 6.07) is 51.0. The Kier molecular flexibility index (Phi) is 17.4. The summed E-state index contributed by atoms with van der Waals surface area (Å²) >= 11 is 0. The molecule has 6 aromatic rings. The highest BCUT2D eigenvalue weighted by molar-refractivity contribution is 5.90. The molecule has 4 aliphatic heterocycles. The molecule has 4 amide bonds. The number of carbonyl (C=O) groups excluding carboxylic acids is 3.